The van der Waals surface area contributed by atoms with Crippen molar-refractivity contribution >= 4 is 0 Å². The molecule has 2 aromatic rings. The van der Waals surface area contributed by atoms with Crippen molar-refractivity contribution in [3.8, 4) is 0 Å². The number of aromatic nitrogens is 1. The van der Waals surface area contributed by atoms with Gasteiger partial charge in [0, 0.05) is 18.3 Å². The van der Waals surface area contributed by atoms with Crippen LogP contribution in [0.25, 0.3) is 0 Å². The molecule has 0 aliphatic heterocycles. The van der Waals surface area contributed by atoms with E-state index in [4.69, 9.17) is 5.73 Å². The summed E-state index contributed by atoms with van der Waals surface area (Å²) >= 11 is 0. The third kappa shape index (κ3) is 2.90. The molecule has 0 fully saturated rings. The van der Waals surface area contributed by atoms with Crippen molar-refractivity contribution in [1.29, 1.82) is 0 Å². The molecule has 0 spiro atoms. The number of hydrogen-bond donors (Lipinski definition) is 1. The van der Waals surface area contributed by atoms with Crippen LogP contribution in [0.4, 0.5) is 8.78 Å². The van der Waals surface area contributed by atoms with E-state index < -0.39 is 11.6 Å². The van der Waals surface area contributed by atoms with Crippen LogP contribution < -0.4 is 5.73 Å². The topological polar surface area (TPSA) is 38.9 Å². The van der Waals surface area contributed by atoms with E-state index >= 15 is 0 Å². The lowest BCUT2D eigenvalue weighted by molar-refractivity contribution is 0.557. The minimum absolute atomic E-state index is 0.233. The average molecular weight is 248 g/mol. The summed E-state index contributed by atoms with van der Waals surface area (Å²) in [7, 11) is 0. The Morgan fingerprint density at radius 1 is 1.11 bits per heavy atom. The van der Waals surface area contributed by atoms with Gasteiger partial charge in [-0.3, -0.25) is 4.98 Å². The Kier molecular flexibility index (Phi) is 3.99. The lowest BCUT2D eigenvalue weighted by atomic mass is 9.92. The molecule has 1 aromatic heterocycles. The van der Waals surface area contributed by atoms with Crippen LogP contribution in [0.5, 0.6) is 0 Å². The highest BCUT2D eigenvalue weighted by molar-refractivity contribution is 5.26. The summed E-state index contributed by atoms with van der Waals surface area (Å²) in [5.74, 6) is -1.09. The molecule has 0 aliphatic carbocycles. The highest BCUT2D eigenvalue weighted by atomic mass is 19.1. The summed E-state index contributed by atoms with van der Waals surface area (Å²) in [4.78, 5) is 3.92. The van der Waals surface area contributed by atoms with Crippen LogP contribution in [0.15, 0.2) is 42.7 Å². The molecule has 2 rings (SSSR count). The minimum atomic E-state index is -0.445. The smallest absolute Gasteiger partial charge is 0.126 e. The van der Waals surface area contributed by atoms with E-state index in [1.54, 1.807) is 12.4 Å². The van der Waals surface area contributed by atoms with Crippen LogP contribution in [0, 0.1) is 11.6 Å². The Morgan fingerprint density at radius 2 is 1.83 bits per heavy atom. The van der Waals surface area contributed by atoms with Crippen molar-refractivity contribution in [3.63, 3.8) is 0 Å². The van der Waals surface area contributed by atoms with Gasteiger partial charge in [-0.1, -0.05) is 0 Å². The molecule has 1 heterocycles. The van der Waals surface area contributed by atoms with Gasteiger partial charge >= 0.3 is 0 Å². The molecule has 0 saturated heterocycles. The summed E-state index contributed by atoms with van der Waals surface area (Å²) in [6.07, 6.45) is 3.91. The Labute approximate surface area is 104 Å². The molecular weight excluding hydrogens is 234 g/mol. The van der Waals surface area contributed by atoms with Crippen molar-refractivity contribution in [2.75, 3.05) is 6.54 Å². The van der Waals surface area contributed by atoms with Gasteiger partial charge in [0.05, 0.1) is 0 Å². The van der Waals surface area contributed by atoms with Gasteiger partial charge in [-0.15, -0.1) is 0 Å². The van der Waals surface area contributed by atoms with Gasteiger partial charge in [-0.05, 0) is 54.4 Å². The summed E-state index contributed by atoms with van der Waals surface area (Å²) < 4.78 is 26.8. The predicted octanol–water partition coefficient (Wildman–Crippen LogP) is 2.64. The van der Waals surface area contributed by atoms with Crippen LogP contribution in [-0.4, -0.2) is 11.5 Å². The zero-order chi connectivity index (χ0) is 13.0. The van der Waals surface area contributed by atoms with Gasteiger partial charge in [-0.25, -0.2) is 8.78 Å². The monoisotopic (exact) mass is 248 g/mol. The molecule has 0 aliphatic rings. The molecule has 94 valence electrons. The van der Waals surface area contributed by atoms with E-state index in [1.165, 1.54) is 6.07 Å². The lowest BCUT2D eigenvalue weighted by Gasteiger charge is -2.16. The number of halogens is 2. The van der Waals surface area contributed by atoms with E-state index in [-0.39, 0.29) is 12.5 Å². The number of hydrogen-bond acceptors (Lipinski definition) is 2. The normalized spacial score (nSPS) is 12.4. The second kappa shape index (κ2) is 5.69. The SMILES string of the molecule is NCC(Cc1ccncc1)c1cc(F)ccc1F. The van der Waals surface area contributed by atoms with Crippen LogP contribution in [0.1, 0.15) is 17.0 Å². The molecular formula is C14H14F2N2. The fraction of sp³-hybridized carbons (Fsp3) is 0.214. The highest BCUT2D eigenvalue weighted by Gasteiger charge is 2.15. The van der Waals surface area contributed by atoms with Crippen LogP contribution in [0.2, 0.25) is 0 Å². The number of benzene rings is 1. The third-order valence-corrected chi connectivity index (χ3v) is 2.91. The van der Waals surface area contributed by atoms with Gasteiger partial charge in [0.25, 0.3) is 0 Å². The standard InChI is InChI=1S/C14H14F2N2/c15-12-1-2-14(16)13(8-12)11(9-17)7-10-3-5-18-6-4-10/h1-6,8,11H,7,9,17H2. The van der Waals surface area contributed by atoms with Gasteiger partial charge in [0.2, 0.25) is 0 Å². The van der Waals surface area contributed by atoms with E-state index in [0.717, 1.165) is 17.7 Å². The first-order valence-electron chi connectivity index (χ1n) is 5.74. The van der Waals surface area contributed by atoms with E-state index in [9.17, 15) is 8.78 Å². The average Bonchev–Trinajstić information content (AvgIpc) is 2.40. The van der Waals surface area contributed by atoms with Crippen molar-refractivity contribution in [2.45, 2.75) is 12.3 Å². The molecule has 0 amide bonds. The fourth-order valence-corrected chi connectivity index (χ4v) is 1.95. The first-order valence-corrected chi connectivity index (χ1v) is 5.74. The Balaban J connectivity index is 2.26. The molecule has 1 unspecified atom stereocenters. The van der Waals surface area contributed by atoms with Gasteiger partial charge in [0.1, 0.15) is 11.6 Å². The molecule has 1 aromatic carbocycles. The van der Waals surface area contributed by atoms with Gasteiger partial charge < -0.3 is 5.73 Å². The van der Waals surface area contributed by atoms with Crippen molar-refractivity contribution < 1.29 is 8.78 Å². The molecule has 18 heavy (non-hydrogen) atoms. The number of nitrogens with two attached hydrogens (primary N) is 1. The van der Waals surface area contributed by atoms with Gasteiger partial charge in [-0.2, -0.15) is 0 Å². The fourth-order valence-electron chi connectivity index (χ4n) is 1.95. The third-order valence-electron chi connectivity index (χ3n) is 2.91. The molecule has 2 nitrogen and oxygen atoms in total. The molecule has 1 atom stereocenters. The van der Waals surface area contributed by atoms with Crippen molar-refractivity contribution in [1.82, 2.24) is 4.98 Å². The maximum atomic E-state index is 13.7. The lowest BCUT2D eigenvalue weighted by Crippen LogP contribution is -2.16. The maximum Gasteiger partial charge on any atom is 0.126 e. The number of pyridine rings is 1. The van der Waals surface area contributed by atoms with Crippen LogP contribution in [-0.2, 0) is 6.42 Å². The van der Waals surface area contributed by atoms with Crippen LogP contribution in [0.3, 0.4) is 0 Å². The van der Waals surface area contributed by atoms with Crippen molar-refractivity contribution in [3.05, 3.63) is 65.5 Å². The molecule has 4 heteroatoms. The summed E-state index contributed by atoms with van der Waals surface area (Å²) in [5, 5.41) is 0. The second-order valence-corrected chi connectivity index (χ2v) is 4.16. The summed E-state index contributed by atoms with van der Waals surface area (Å²) in [5.41, 5.74) is 7.00. The largest absolute Gasteiger partial charge is 0.330 e. The Bertz CT molecular complexity index is 514. The Hall–Kier alpha value is -1.81. The van der Waals surface area contributed by atoms with Gasteiger partial charge in [0.15, 0.2) is 0 Å². The van der Waals surface area contributed by atoms with E-state index in [1.807, 2.05) is 12.1 Å². The number of nitrogens with zero attached hydrogens (tertiary/aromatic N) is 1. The molecule has 0 radical (unpaired) electrons. The summed E-state index contributed by atoms with van der Waals surface area (Å²) in [6.45, 7) is 0.267. The quantitative estimate of drug-likeness (QED) is 0.903. The van der Waals surface area contributed by atoms with E-state index in [2.05, 4.69) is 4.98 Å². The first-order chi connectivity index (χ1) is 8.70. The highest BCUT2D eigenvalue weighted by Crippen LogP contribution is 2.23. The minimum Gasteiger partial charge on any atom is -0.330 e. The summed E-state index contributed by atoms with van der Waals surface area (Å²) in [6, 6.07) is 7.16. The predicted molar refractivity (Wildman–Crippen MR) is 66.1 cm³/mol. The zero-order valence-corrected chi connectivity index (χ0v) is 9.81. The molecule has 0 saturated carbocycles. The molecule has 0 bridgehead atoms. The van der Waals surface area contributed by atoms with E-state index in [0.29, 0.717) is 12.0 Å². The maximum absolute atomic E-state index is 13.7. The molecule has 2 N–H and O–H groups in total. The zero-order valence-electron chi connectivity index (χ0n) is 9.81. The Morgan fingerprint density at radius 3 is 2.50 bits per heavy atom. The second-order valence-electron chi connectivity index (χ2n) is 4.16. The first kappa shape index (κ1) is 12.6. The van der Waals surface area contributed by atoms with Crippen molar-refractivity contribution in [2.24, 2.45) is 5.73 Å². The number of rotatable bonds is 4. The van der Waals surface area contributed by atoms with Crippen LogP contribution >= 0.6 is 0 Å².